The van der Waals surface area contributed by atoms with E-state index in [0.29, 0.717) is 17.1 Å². The highest BCUT2D eigenvalue weighted by molar-refractivity contribution is 5.68. The van der Waals surface area contributed by atoms with Gasteiger partial charge in [0.15, 0.2) is 11.5 Å². The third-order valence-corrected chi connectivity index (χ3v) is 2.71. The van der Waals surface area contributed by atoms with Crippen molar-refractivity contribution in [2.75, 3.05) is 14.2 Å². The van der Waals surface area contributed by atoms with E-state index in [9.17, 15) is 0 Å². The number of ether oxygens (including phenoxy) is 2. The fraction of sp³-hybridized carbons (Fsp3) is 0.133. The summed E-state index contributed by atoms with van der Waals surface area (Å²) in [5, 5.41) is 8.90. The number of rotatable bonds is 3. The zero-order valence-corrected chi connectivity index (χ0v) is 10.3. The monoisotopic (exact) mass is 239 g/mol. The molecule has 0 unspecified atom stereocenters. The number of hydrogen-bond donors (Lipinski definition) is 0. The summed E-state index contributed by atoms with van der Waals surface area (Å²) in [5.41, 5.74) is 2.61. The largest absolute Gasteiger partial charge is 0.493 e. The van der Waals surface area contributed by atoms with Gasteiger partial charge in [0.1, 0.15) is 0 Å². The Bertz CT molecular complexity index is 600. The van der Waals surface area contributed by atoms with Gasteiger partial charge in [-0.2, -0.15) is 5.26 Å². The Morgan fingerprint density at radius 3 is 2.28 bits per heavy atom. The highest BCUT2D eigenvalue weighted by atomic mass is 16.5. The summed E-state index contributed by atoms with van der Waals surface area (Å²) >= 11 is 0. The third kappa shape index (κ3) is 2.28. The second kappa shape index (κ2) is 5.24. The predicted molar refractivity (Wildman–Crippen MR) is 69.7 cm³/mol. The highest BCUT2D eigenvalue weighted by Crippen LogP contribution is 2.32. The number of benzene rings is 2. The lowest BCUT2D eigenvalue weighted by molar-refractivity contribution is 0.355. The zero-order chi connectivity index (χ0) is 13.0. The first kappa shape index (κ1) is 12.0. The van der Waals surface area contributed by atoms with Crippen LogP contribution in [0.1, 0.15) is 5.56 Å². The van der Waals surface area contributed by atoms with E-state index in [1.807, 2.05) is 36.4 Å². The van der Waals surface area contributed by atoms with E-state index < -0.39 is 0 Å². The normalized spacial score (nSPS) is 9.61. The predicted octanol–water partition coefficient (Wildman–Crippen LogP) is 3.24. The van der Waals surface area contributed by atoms with E-state index in [4.69, 9.17) is 14.7 Å². The molecule has 0 aliphatic rings. The van der Waals surface area contributed by atoms with Crippen LogP contribution in [0.15, 0.2) is 42.5 Å². The molecule has 0 saturated carbocycles. The second-order valence-corrected chi connectivity index (χ2v) is 3.76. The van der Waals surface area contributed by atoms with Crippen LogP contribution in [0.2, 0.25) is 0 Å². The average Bonchev–Trinajstić information content (AvgIpc) is 2.46. The Morgan fingerprint density at radius 1 is 0.889 bits per heavy atom. The molecular weight excluding hydrogens is 226 g/mol. The van der Waals surface area contributed by atoms with Gasteiger partial charge in [-0.1, -0.05) is 18.2 Å². The van der Waals surface area contributed by atoms with Crippen molar-refractivity contribution in [3.8, 4) is 28.7 Å². The molecule has 2 rings (SSSR count). The SMILES string of the molecule is COc1ccc(-c2cccc(C#N)c2)cc1OC. The van der Waals surface area contributed by atoms with Crippen molar-refractivity contribution in [3.63, 3.8) is 0 Å². The van der Waals surface area contributed by atoms with Crippen LogP contribution < -0.4 is 9.47 Å². The molecule has 0 amide bonds. The molecule has 0 aliphatic carbocycles. The van der Waals surface area contributed by atoms with Gasteiger partial charge in [0.05, 0.1) is 25.9 Å². The molecule has 90 valence electrons. The maximum absolute atomic E-state index is 8.90. The molecule has 0 heterocycles. The number of methoxy groups -OCH3 is 2. The van der Waals surface area contributed by atoms with Crippen molar-refractivity contribution in [1.29, 1.82) is 5.26 Å². The molecule has 0 N–H and O–H groups in total. The van der Waals surface area contributed by atoms with Gasteiger partial charge in [0.25, 0.3) is 0 Å². The third-order valence-electron chi connectivity index (χ3n) is 2.71. The molecule has 2 aromatic rings. The number of hydrogen-bond acceptors (Lipinski definition) is 3. The summed E-state index contributed by atoms with van der Waals surface area (Å²) in [4.78, 5) is 0. The fourth-order valence-corrected chi connectivity index (χ4v) is 1.78. The van der Waals surface area contributed by atoms with Crippen molar-refractivity contribution in [2.24, 2.45) is 0 Å². The maximum atomic E-state index is 8.90. The lowest BCUT2D eigenvalue weighted by Gasteiger charge is -2.09. The van der Waals surface area contributed by atoms with E-state index in [1.54, 1.807) is 20.3 Å². The smallest absolute Gasteiger partial charge is 0.161 e. The molecule has 3 heteroatoms. The molecule has 0 spiro atoms. The minimum absolute atomic E-state index is 0.641. The lowest BCUT2D eigenvalue weighted by atomic mass is 10.0. The Morgan fingerprint density at radius 2 is 1.61 bits per heavy atom. The van der Waals surface area contributed by atoms with Crippen LogP contribution in [-0.2, 0) is 0 Å². The van der Waals surface area contributed by atoms with E-state index >= 15 is 0 Å². The van der Waals surface area contributed by atoms with Gasteiger partial charge < -0.3 is 9.47 Å². The topological polar surface area (TPSA) is 42.2 Å². The van der Waals surface area contributed by atoms with Crippen molar-refractivity contribution < 1.29 is 9.47 Å². The van der Waals surface area contributed by atoms with Gasteiger partial charge >= 0.3 is 0 Å². The molecule has 0 atom stereocenters. The van der Waals surface area contributed by atoms with Crippen molar-refractivity contribution in [3.05, 3.63) is 48.0 Å². The summed E-state index contributed by atoms with van der Waals surface area (Å²) < 4.78 is 10.5. The van der Waals surface area contributed by atoms with Gasteiger partial charge in [-0.3, -0.25) is 0 Å². The fourth-order valence-electron chi connectivity index (χ4n) is 1.78. The second-order valence-electron chi connectivity index (χ2n) is 3.76. The average molecular weight is 239 g/mol. The van der Waals surface area contributed by atoms with Crippen LogP contribution in [-0.4, -0.2) is 14.2 Å². The summed E-state index contributed by atoms with van der Waals surface area (Å²) in [6, 6.07) is 15.3. The molecule has 0 radical (unpaired) electrons. The van der Waals surface area contributed by atoms with E-state index in [1.165, 1.54) is 0 Å². The molecule has 0 aliphatic heterocycles. The molecular formula is C15H13NO2. The van der Waals surface area contributed by atoms with Crippen LogP contribution in [0, 0.1) is 11.3 Å². The summed E-state index contributed by atoms with van der Waals surface area (Å²) in [5.74, 6) is 1.37. The molecule has 0 bridgehead atoms. The van der Waals surface area contributed by atoms with Crippen molar-refractivity contribution in [2.45, 2.75) is 0 Å². The van der Waals surface area contributed by atoms with Crippen LogP contribution in [0.3, 0.4) is 0 Å². The van der Waals surface area contributed by atoms with E-state index in [-0.39, 0.29) is 0 Å². The molecule has 2 aromatic carbocycles. The van der Waals surface area contributed by atoms with Crippen molar-refractivity contribution in [1.82, 2.24) is 0 Å². The van der Waals surface area contributed by atoms with Gasteiger partial charge in [0.2, 0.25) is 0 Å². The summed E-state index contributed by atoms with van der Waals surface area (Å²) in [6.07, 6.45) is 0. The summed E-state index contributed by atoms with van der Waals surface area (Å²) in [7, 11) is 3.21. The molecule has 3 nitrogen and oxygen atoms in total. The Kier molecular flexibility index (Phi) is 3.49. The van der Waals surface area contributed by atoms with Gasteiger partial charge in [-0.15, -0.1) is 0 Å². The number of nitrogens with zero attached hydrogens (tertiary/aromatic N) is 1. The highest BCUT2D eigenvalue weighted by Gasteiger charge is 2.06. The van der Waals surface area contributed by atoms with Crippen LogP contribution in [0.25, 0.3) is 11.1 Å². The van der Waals surface area contributed by atoms with Crippen molar-refractivity contribution >= 4 is 0 Å². The van der Waals surface area contributed by atoms with Gasteiger partial charge in [0, 0.05) is 0 Å². The first-order chi connectivity index (χ1) is 8.78. The minimum Gasteiger partial charge on any atom is -0.493 e. The minimum atomic E-state index is 0.641. The standard InChI is InChI=1S/C15H13NO2/c1-17-14-7-6-13(9-15(14)18-2)12-5-3-4-11(8-12)10-16/h3-9H,1-2H3. The molecule has 0 fully saturated rings. The van der Waals surface area contributed by atoms with Crippen LogP contribution >= 0.6 is 0 Å². The Hall–Kier alpha value is -2.47. The Balaban J connectivity index is 2.48. The van der Waals surface area contributed by atoms with Gasteiger partial charge in [-0.25, -0.2) is 0 Å². The first-order valence-electron chi connectivity index (χ1n) is 5.51. The molecule has 18 heavy (non-hydrogen) atoms. The lowest BCUT2D eigenvalue weighted by Crippen LogP contribution is -1.91. The van der Waals surface area contributed by atoms with Gasteiger partial charge in [-0.05, 0) is 35.4 Å². The Labute approximate surface area is 106 Å². The van der Waals surface area contributed by atoms with E-state index in [2.05, 4.69) is 6.07 Å². The van der Waals surface area contributed by atoms with Crippen LogP contribution in [0.5, 0.6) is 11.5 Å². The molecule has 0 aromatic heterocycles. The summed E-state index contributed by atoms with van der Waals surface area (Å²) in [6.45, 7) is 0. The maximum Gasteiger partial charge on any atom is 0.161 e. The van der Waals surface area contributed by atoms with E-state index in [0.717, 1.165) is 11.1 Å². The zero-order valence-electron chi connectivity index (χ0n) is 10.3. The first-order valence-corrected chi connectivity index (χ1v) is 5.51. The quantitative estimate of drug-likeness (QED) is 0.825. The molecule has 0 saturated heterocycles. The van der Waals surface area contributed by atoms with Crippen LogP contribution in [0.4, 0.5) is 0 Å². The number of nitriles is 1.